The maximum absolute atomic E-state index is 13.3. The van der Waals surface area contributed by atoms with Crippen molar-refractivity contribution in [1.29, 1.82) is 0 Å². The smallest absolute Gasteiger partial charge is 0.493 e. The van der Waals surface area contributed by atoms with Crippen LogP contribution in [0.1, 0.15) is 19.3 Å². The molecule has 0 aliphatic carbocycles. The predicted molar refractivity (Wildman–Crippen MR) is 70.9 cm³/mol. The second kappa shape index (κ2) is 8.88. The third-order valence-corrected chi connectivity index (χ3v) is 3.41. The third-order valence-electron chi connectivity index (χ3n) is 3.41. The van der Waals surface area contributed by atoms with E-state index in [1.54, 1.807) is 0 Å². The Labute approximate surface area is 164 Å². The molecule has 0 unspecified atom stereocenters. The number of likely N-dealkylation sites (tertiary alicyclic amines) is 1. The molecule has 0 spiro atoms. The van der Waals surface area contributed by atoms with Gasteiger partial charge in [0.2, 0.25) is 0 Å². The number of rotatable bonds is 6. The zero-order valence-corrected chi connectivity index (χ0v) is 15.2. The Kier molecular flexibility index (Phi) is 8.23. The van der Waals surface area contributed by atoms with Gasteiger partial charge in [-0.2, -0.15) is 0 Å². The molecule has 1 aliphatic heterocycles. The van der Waals surface area contributed by atoms with Gasteiger partial charge < -0.3 is 22.6 Å². The molecule has 0 radical (unpaired) electrons. The van der Waals surface area contributed by atoms with Crippen LogP contribution in [0.4, 0.5) is 17.3 Å². The topological polar surface area (TPSA) is 12.5 Å². The molecule has 0 aromatic heterocycles. The van der Waals surface area contributed by atoms with Crippen LogP contribution < -0.4 is 61.6 Å². The van der Waals surface area contributed by atoms with E-state index < -0.39 is 18.3 Å². The van der Waals surface area contributed by atoms with Crippen molar-refractivity contribution in [3.8, 4) is 5.75 Å². The Morgan fingerprint density at radius 2 is 1.81 bits per heavy atom. The van der Waals surface area contributed by atoms with Gasteiger partial charge in [-0.1, -0.05) is 11.5 Å². The summed E-state index contributed by atoms with van der Waals surface area (Å²) in [6, 6.07) is 2.72. The molecule has 21 heavy (non-hydrogen) atoms. The van der Waals surface area contributed by atoms with Crippen molar-refractivity contribution in [1.82, 2.24) is 4.90 Å². The van der Waals surface area contributed by atoms with Crippen LogP contribution in [0.25, 0.3) is 0 Å². The summed E-state index contributed by atoms with van der Waals surface area (Å²) in [5, 5.41) is 0. The van der Waals surface area contributed by atoms with Crippen LogP contribution in [0.5, 0.6) is 5.75 Å². The summed E-state index contributed by atoms with van der Waals surface area (Å²) in [6.45, 7) is -1.83. The second-order valence-corrected chi connectivity index (χ2v) is 5.01. The molecule has 0 bridgehead atoms. The predicted octanol–water partition coefficient (Wildman–Crippen LogP) is -0.251. The van der Waals surface area contributed by atoms with Gasteiger partial charge in [0, 0.05) is 12.6 Å². The van der Waals surface area contributed by atoms with Crippen LogP contribution in [0, 0.1) is 5.82 Å². The first-order chi connectivity index (χ1) is 9.47. The molecule has 1 saturated heterocycles. The van der Waals surface area contributed by atoms with E-state index in [9.17, 15) is 17.3 Å². The molecule has 2 nitrogen and oxygen atoms in total. The minimum Gasteiger partial charge on any atom is -0.493 e. The van der Waals surface area contributed by atoms with Gasteiger partial charge in [0.1, 0.15) is 5.75 Å². The van der Waals surface area contributed by atoms with Crippen molar-refractivity contribution in [2.75, 3.05) is 26.2 Å². The standard InChI is InChI=1S/C13H17BF4NO.K/c15-13-10-11(4-5-12(13)14(16,17)18)20-9-3-8-19-6-1-2-7-19;/h4-5,10H,1-3,6-9H2;/q-1;+1. The Morgan fingerprint density at radius 3 is 2.38 bits per heavy atom. The molecule has 0 N–H and O–H groups in total. The number of halogens is 4. The number of ether oxygens (including phenoxy) is 1. The monoisotopic (exact) mass is 329 g/mol. The zero-order chi connectivity index (χ0) is 14.6. The van der Waals surface area contributed by atoms with Crippen molar-refractivity contribution in [3.05, 3.63) is 24.0 Å². The maximum Gasteiger partial charge on any atom is 1.00 e. The van der Waals surface area contributed by atoms with Crippen LogP contribution in [0.2, 0.25) is 0 Å². The van der Waals surface area contributed by atoms with Gasteiger partial charge >= 0.3 is 58.4 Å². The molecular formula is C13H17BF4KNO. The average Bonchev–Trinajstić information content (AvgIpc) is 2.86. The van der Waals surface area contributed by atoms with Gasteiger partial charge in [0.05, 0.1) is 12.4 Å². The first-order valence-electron chi connectivity index (χ1n) is 6.81. The molecule has 1 aromatic rings. The fraction of sp³-hybridized carbons (Fsp3) is 0.538. The van der Waals surface area contributed by atoms with Crippen LogP contribution >= 0.6 is 0 Å². The Bertz CT molecular complexity index is 452. The van der Waals surface area contributed by atoms with Crippen molar-refractivity contribution >= 4 is 12.4 Å². The van der Waals surface area contributed by atoms with Crippen LogP contribution in [0.15, 0.2) is 18.2 Å². The Morgan fingerprint density at radius 1 is 1.14 bits per heavy atom. The van der Waals surface area contributed by atoms with Gasteiger partial charge in [-0.05, 0) is 38.4 Å². The van der Waals surface area contributed by atoms with E-state index in [2.05, 4.69) is 4.90 Å². The van der Waals surface area contributed by atoms with Crippen LogP contribution in [-0.2, 0) is 0 Å². The molecule has 1 aromatic carbocycles. The van der Waals surface area contributed by atoms with Gasteiger partial charge in [-0.15, -0.1) is 0 Å². The van der Waals surface area contributed by atoms with E-state index in [0.717, 1.165) is 38.2 Å². The summed E-state index contributed by atoms with van der Waals surface area (Å²) in [6.07, 6.45) is 3.21. The van der Waals surface area contributed by atoms with E-state index in [1.807, 2.05) is 0 Å². The van der Waals surface area contributed by atoms with E-state index in [0.29, 0.717) is 6.61 Å². The number of nitrogens with zero attached hydrogens (tertiary/aromatic N) is 1. The summed E-state index contributed by atoms with van der Waals surface area (Å²) < 4.78 is 55.9. The minimum absolute atomic E-state index is 0. The summed E-state index contributed by atoms with van der Waals surface area (Å²) in [5.41, 5.74) is -1.20. The first-order valence-corrected chi connectivity index (χ1v) is 6.81. The summed E-state index contributed by atoms with van der Waals surface area (Å²) in [5.74, 6) is -1.12. The largest absolute Gasteiger partial charge is 1.00 e. The van der Waals surface area contributed by atoms with E-state index in [4.69, 9.17) is 4.74 Å². The van der Waals surface area contributed by atoms with Crippen molar-refractivity contribution in [2.45, 2.75) is 19.3 Å². The van der Waals surface area contributed by atoms with Crippen molar-refractivity contribution in [3.63, 3.8) is 0 Å². The van der Waals surface area contributed by atoms with E-state index in [-0.39, 0.29) is 57.1 Å². The van der Waals surface area contributed by atoms with Gasteiger partial charge in [0.15, 0.2) is 0 Å². The molecular weight excluding hydrogens is 312 g/mol. The minimum atomic E-state index is -5.31. The Hall–Kier alpha value is 0.401. The molecule has 0 amide bonds. The normalized spacial score (nSPS) is 15.8. The van der Waals surface area contributed by atoms with E-state index in [1.165, 1.54) is 18.9 Å². The van der Waals surface area contributed by atoms with Gasteiger partial charge in [-0.3, -0.25) is 0 Å². The van der Waals surface area contributed by atoms with Crippen LogP contribution in [0.3, 0.4) is 0 Å². The van der Waals surface area contributed by atoms with Crippen LogP contribution in [-0.4, -0.2) is 38.1 Å². The summed E-state index contributed by atoms with van der Waals surface area (Å²) in [7, 11) is 0. The Balaban J connectivity index is 0.00000220. The molecule has 0 atom stereocenters. The molecule has 0 saturated carbocycles. The fourth-order valence-electron chi connectivity index (χ4n) is 2.35. The number of hydrogen-bond donors (Lipinski definition) is 0. The molecule has 112 valence electrons. The van der Waals surface area contributed by atoms with Gasteiger partial charge in [0.25, 0.3) is 0 Å². The average molecular weight is 329 g/mol. The summed E-state index contributed by atoms with van der Waals surface area (Å²) in [4.78, 5) is 2.32. The van der Waals surface area contributed by atoms with Gasteiger partial charge in [-0.25, -0.2) is 4.39 Å². The molecule has 1 heterocycles. The second-order valence-electron chi connectivity index (χ2n) is 5.01. The number of hydrogen-bond acceptors (Lipinski definition) is 2. The first kappa shape index (κ1) is 19.4. The SMILES string of the molecule is Fc1cc(OCCCN2CCCC2)ccc1[B-](F)(F)F.[K+]. The van der Waals surface area contributed by atoms with Crippen molar-refractivity contribution in [2.24, 2.45) is 0 Å². The third kappa shape index (κ3) is 6.19. The molecule has 1 fully saturated rings. The van der Waals surface area contributed by atoms with Crippen molar-refractivity contribution < 1.29 is 73.5 Å². The molecule has 1 aliphatic rings. The summed E-state index contributed by atoms with van der Waals surface area (Å²) >= 11 is 0. The number of benzene rings is 1. The fourth-order valence-corrected chi connectivity index (χ4v) is 2.35. The molecule has 2 rings (SSSR count). The maximum atomic E-state index is 13.3. The quantitative estimate of drug-likeness (QED) is 0.405. The van der Waals surface area contributed by atoms with E-state index >= 15 is 0 Å². The zero-order valence-electron chi connectivity index (χ0n) is 12.1. The molecule has 8 heteroatoms.